The Balaban J connectivity index is 1.36. The van der Waals surface area contributed by atoms with Gasteiger partial charge in [0.1, 0.15) is 23.7 Å². The number of piperazine rings is 1. The smallest absolute Gasteiger partial charge is 0.272 e. The lowest BCUT2D eigenvalue weighted by Crippen LogP contribution is -2.49. The van der Waals surface area contributed by atoms with Crippen molar-refractivity contribution in [2.75, 3.05) is 36.4 Å². The molecular weight excluding hydrogens is 352 g/mol. The molecule has 28 heavy (non-hydrogen) atoms. The van der Waals surface area contributed by atoms with Gasteiger partial charge in [0.05, 0.1) is 0 Å². The number of carbonyl (C=O) groups excluding carboxylic acids is 1. The van der Waals surface area contributed by atoms with E-state index in [-0.39, 0.29) is 5.91 Å². The molecule has 1 fully saturated rings. The number of aromatic nitrogens is 3. The molecule has 4 rings (SSSR count). The van der Waals surface area contributed by atoms with Gasteiger partial charge in [-0.05, 0) is 17.7 Å². The summed E-state index contributed by atoms with van der Waals surface area (Å²) in [6, 6.07) is 17.7. The summed E-state index contributed by atoms with van der Waals surface area (Å²) in [6.07, 6.45) is 3.22. The summed E-state index contributed by atoms with van der Waals surface area (Å²) in [5.74, 6) is 1.53. The Labute approximate surface area is 164 Å². The number of carbonyl (C=O) groups is 1. The monoisotopic (exact) mass is 374 g/mol. The van der Waals surface area contributed by atoms with Crippen LogP contribution in [-0.2, 0) is 6.54 Å². The van der Waals surface area contributed by atoms with Crippen LogP contribution in [0.4, 0.5) is 11.6 Å². The second-order valence-electron chi connectivity index (χ2n) is 6.59. The van der Waals surface area contributed by atoms with E-state index in [0.717, 1.165) is 24.5 Å². The zero-order valence-electron chi connectivity index (χ0n) is 15.5. The van der Waals surface area contributed by atoms with E-state index in [4.69, 9.17) is 0 Å². The third kappa shape index (κ3) is 4.25. The Morgan fingerprint density at radius 3 is 2.46 bits per heavy atom. The third-order valence-electron chi connectivity index (χ3n) is 4.74. The lowest BCUT2D eigenvalue weighted by molar-refractivity contribution is 0.0740. The van der Waals surface area contributed by atoms with Gasteiger partial charge in [-0.2, -0.15) is 0 Å². The number of nitrogens with zero attached hydrogens (tertiary/aromatic N) is 5. The average molecular weight is 374 g/mol. The highest BCUT2D eigenvalue weighted by Crippen LogP contribution is 2.15. The molecule has 1 aliphatic rings. The number of rotatable bonds is 5. The summed E-state index contributed by atoms with van der Waals surface area (Å²) in [7, 11) is 0. The molecule has 7 heteroatoms. The number of nitrogens with one attached hydrogen (secondary N) is 1. The van der Waals surface area contributed by atoms with Crippen molar-refractivity contribution in [3.05, 3.63) is 78.4 Å². The predicted octanol–water partition coefficient (Wildman–Crippen LogP) is 2.45. The summed E-state index contributed by atoms with van der Waals surface area (Å²) in [6.45, 7) is 3.45. The van der Waals surface area contributed by atoms with Crippen molar-refractivity contribution in [2.45, 2.75) is 6.54 Å². The van der Waals surface area contributed by atoms with Crippen LogP contribution < -0.4 is 10.2 Å². The first-order chi connectivity index (χ1) is 13.8. The van der Waals surface area contributed by atoms with Crippen molar-refractivity contribution < 1.29 is 4.79 Å². The highest BCUT2D eigenvalue weighted by molar-refractivity contribution is 5.93. The standard InChI is InChI=1S/C21H22N6O/c28-21(27-12-10-26(11-13-27)20-8-4-5-9-22-20)18-14-19(25-16-24-18)23-15-17-6-2-1-3-7-17/h1-9,14,16H,10-13,15H2,(H,23,24,25). The van der Waals surface area contributed by atoms with Gasteiger partial charge in [0.25, 0.3) is 5.91 Å². The SMILES string of the molecule is O=C(c1cc(NCc2ccccc2)ncn1)N1CCN(c2ccccn2)CC1. The van der Waals surface area contributed by atoms with E-state index >= 15 is 0 Å². The fourth-order valence-corrected chi connectivity index (χ4v) is 3.20. The van der Waals surface area contributed by atoms with E-state index in [1.807, 2.05) is 53.4 Å². The van der Waals surface area contributed by atoms with Crippen LogP contribution in [0.2, 0.25) is 0 Å². The minimum atomic E-state index is -0.0640. The second kappa shape index (κ2) is 8.47. The van der Waals surface area contributed by atoms with Gasteiger partial charge < -0.3 is 15.1 Å². The van der Waals surface area contributed by atoms with Gasteiger partial charge in [-0.3, -0.25) is 4.79 Å². The highest BCUT2D eigenvalue weighted by Gasteiger charge is 2.23. The van der Waals surface area contributed by atoms with E-state index in [0.29, 0.717) is 31.1 Å². The Morgan fingerprint density at radius 2 is 1.71 bits per heavy atom. The van der Waals surface area contributed by atoms with Crippen molar-refractivity contribution in [3.63, 3.8) is 0 Å². The quantitative estimate of drug-likeness (QED) is 0.739. The largest absolute Gasteiger partial charge is 0.366 e. The molecule has 3 aromatic rings. The molecule has 0 spiro atoms. The maximum Gasteiger partial charge on any atom is 0.272 e. The fraction of sp³-hybridized carbons (Fsp3) is 0.238. The summed E-state index contributed by atoms with van der Waals surface area (Å²) in [5.41, 5.74) is 1.57. The minimum Gasteiger partial charge on any atom is -0.366 e. The van der Waals surface area contributed by atoms with Crippen molar-refractivity contribution in [3.8, 4) is 0 Å². The molecule has 0 radical (unpaired) electrons. The fourth-order valence-electron chi connectivity index (χ4n) is 3.20. The van der Waals surface area contributed by atoms with Gasteiger partial charge in [-0.1, -0.05) is 36.4 Å². The summed E-state index contributed by atoms with van der Waals surface area (Å²) in [4.78, 5) is 29.7. The number of amides is 1. The molecule has 1 N–H and O–H groups in total. The summed E-state index contributed by atoms with van der Waals surface area (Å²) in [5, 5.41) is 3.25. The molecule has 0 saturated carbocycles. The van der Waals surface area contributed by atoms with E-state index in [9.17, 15) is 4.79 Å². The molecule has 1 aromatic carbocycles. The molecule has 0 atom stereocenters. The second-order valence-corrected chi connectivity index (χ2v) is 6.59. The number of anilines is 2. The number of benzene rings is 1. The normalized spacial score (nSPS) is 14.0. The Morgan fingerprint density at radius 1 is 0.929 bits per heavy atom. The zero-order valence-corrected chi connectivity index (χ0v) is 15.5. The van der Waals surface area contributed by atoms with Crippen LogP contribution in [0.25, 0.3) is 0 Å². The molecule has 3 heterocycles. The van der Waals surface area contributed by atoms with Crippen LogP contribution in [0.15, 0.2) is 67.1 Å². The van der Waals surface area contributed by atoms with Crippen LogP contribution in [0.1, 0.15) is 16.1 Å². The van der Waals surface area contributed by atoms with E-state index in [1.165, 1.54) is 6.33 Å². The molecule has 2 aromatic heterocycles. The molecule has 1 aliphatic heterocycles. The molecule has 7 nitrogen and oxygen atoms in total. The first kappa shape index (κ1) is 17.9. The predicted molar refractivity (Wildman–Crippen MR) is 108 cm³/mol. The lowest BCUT2D eigenvalue weighted by Gasteiger charge is -2.35. The molecule has 1 amide bonds. The maximum atomic E-state index is 12.8. The van der Waals surface area contributed by atoms with Crippen LogP contribution in [-0.4, -0.2) is 51.9 Å². The van der Waals surface area contributed by atoms with Gasteiger partial charge >= 0.3 is 0 Å². The van der Waals surface area contributed by atoms with Gasteiger partial charge in [0.2, 0.25) is 0 Å². The highest BCUT2D eigenvalue weighted by atomic mass is 16.2. The van der Waals surface area contributed by atoms with Crippen LogP contribution in [0.5, 0.6) is 0 Å². The number of hydrogen-bond donors (Lipinski definition) is 1. The number of pyridine rings is 1. The molecule has 0 bridgehead atoms. The van der Waals surface area contributed by atoms with E-state index in [2.05, 4.69) is 25.2 Å². The summed E-state index contributed by atoms with van der Waals surface area (Å²) >= 11 is 0. The van der Waals surface area contributed by atoms with Gasteiger partial charge in [0, 0.05) is 45.0 Å². The minimum absolute atomic E-state index is 0.0640. The van der Waals surface area contributed by atoms with Crippen LogP contribution in [0, 0.1) is 0 Å². The zero-order chi connectivity index (χ0) is 19.2. The van der Waals surface area contributed by atoms with E-state index < -0.39 is 0 Å². The number of hydrogen-bond acceptors (Lipinski definition) is 6. The maximum absolute atomic E-state index is 12.8. The molecular formula is C21H22N6O. The van der Waals surface area contributed by atoms with Crippen LogP contribution >= 0.6 is 0 Å². The Bertz CT molecular complexity index is 910. The topological polar surface area (TPSA) is 74.2 Å². The molecule has 142 valence electrons. The average Bonchev–Trinajstić information content (AvgIpc) is 2.79. The third-order valence-corrected chi connectivity index (χ3v) is 4.74. The van der Waals surface area contributed by atoms with Gasteiger partial charge in [0.15, 0.2) is 0 Å². The lowest BCUT2D eigenvalue weighted by atomic mass is 10.2. The first-order valence-electron chi connectivity index (χ1n) is 9.35. The Hall–Kier alpha value is -3.48. The van der Waals surface area contributed by atoms with E-state index in [1.54, 1.807) is 12.3 Å². The van der Waals surface area contributed by atoms with Crippen molar-refractivity contribution in [1.82, 2.24) is 19.9 Å². The van der Waals surface area contributed by atoms with Crippen molar-refractivity contribution in [2.24, 2.45) is 0 Å². The molecule has 0 unspecified atom stereocenters. The summed E-state index contributed by atoms with van der Waals surface area (Å²) < 4.78 is 0. The van der Waals surface area contributed by atoms with Crippen molar-refractivity contribution >= 4 is 17.5 Å². The van der Waals surface area contributed by atoms with Gasteiger partial charge in [-0.25, -0.2) is 15.0 Å². The van der Waals surface area contributed by atoms with Gasteiger partial charge in [-0.15, -0.1) is 0 Å². The first-order valence-corrected chi connectivity index (χ1v) is 9.35. The van der Waals surface area contributed by atoms with Crippen LogP contribution in [0.3, 0.4) is 0 Å². The Kier molecular flexibility index (Phi) is 5.42. The molecule has 1 saturated heterocycles. The van der Waals surface area contributed by atoms with Crippen molar-refractivity contribution in [1.29, 1.82) is 0 Å². The molecule has 0 aliphatic carbocycles.